The van der Waals surface area contributed by atoms with E-state index < -0.39 is 5.97 Å². The van der Waals surface area contributed by atoms with Crippen LogP contribution in [0.2, 0.25) is 0 Å². The van der Waals surface area contributed by atoms with Crippen molar-refractivity contribution in [2.45, 2.75) is 39.7 Å². The second-order valence-electron chi connectivity index (χ2n) is 8.90. The van der Waals surface area contributed by atoms with Crippen molar-refractivity contribution < 1.29 is 29.0 Å². The summed E-state index contributed by atoms with van der Waals surface area (Å²) in [4.78, 5) is 29.8. The van der Waals surface area contributed by atoms with Crippen molar-refractivity contribution in [1.29, 1.82) is 0 Å². The molecular weight excluding hydrogens is 484 g/mol. The minimum absolute atomic E-state index is 0.0138. The average Bonchev–Trinajstić information content (AvgIpc) is 3.27. The fraction of sp³-hybridized carbons (Fsp3) is 0.233. The molecule has 0 fully saturated rings. The molecule has 0 saturated heterocycles. The molecule has 0 saturated carbocycles. The first-order valence-corrected chi connectivity index (χ1v) is 12.4. The summed E-state index contributed by atoms with van der Waals surface area (Å²) >= 11 is 0. The maximum Gasteiger partial charge on any atom is 0.303 e. The van der Waals surface area contributed by atoms with Crippen molar-refractivity contribution in [2.75, 3.05) is 11.5 Å². The molecule has 0 bridgehead atoms. The van der Waals surface area contributed by atoms with E-state index in [1.165, 1.54) is 17.9 Å². The number of aromatic hydroxyl groups is 1. The van der Waals surface area contributed by atoms with E-state index in [0.29, 0.717) is 36.8 Å². The number of amides is 1. The number of nitrogens with zero attached hydrogens (tertiary/aromatic N) is 2. The number of anilines is 1. The van der Waals surface area contributed by atoms with Crippen LogP contribution in [-0.2, 0) is 29.0 Å². The number of rotatable bonds is 11. The molecule has 0 unspecified atom stereocenters. The van der Waals surface area contributed by atoms with E-state index >= 15 is 0 Å². The molecule has 4 rings (SSSR count). The van der Waals surface area contributed by atoms with Gasteiger partial charge in [0.25, 0.3) is 0 Å². The number of carboxylic acid groups (broad SMARTS) is 1. The van der Waals surface area contributed by atoms with E-state index in [9.17, 15) is 19.8 Å². The quantitative estimate of drug-likeness (QED) is 0.270. The third-order valence-corrected chi connectivity index (χ3v) is 6.19. The van der Waals surface area contributed by atoms with Crippen molar-refractivity contribution in [3.63, 3.8) is 0 Å². The fourth-order valence-corrected chi connectivity index (χ4v) is 4.18. The molecule has 0 spiro atoms. The van der Waals surface area contributed by atoms with Crippen LogP contribution in [-0.4, -0.2) is 33.7 Å². The van der Waals surface area contributed by atoms with E-state index in [2.05, 4.69) is 4.98 Å². The number of aromatic nitrogens is 1. The Morgan fingerprint density at radius 3 is 2.42 bits per heavy atom. The normalized spacial score (nSPS) is 10.8. The lowest BCUT2D eigenvalue weighted by atomic mass is 10.0. The molecule has 0 radical (unpaired) electrons. The fourth-order valence-electron chi connectivity index (χ4n) is 4.18. The Labute approximate surface area is 221 Å². The highest BCUT2D eigenvalue weighted by Gasteiger charge is 2.18. The molecule has 8 heteroatoms. The van der Waals surface area contributed by atoms with Gasteiger partial charge in [0.05, 0.1) is 24.5 Å². The van der Waals surface area contributed by atoms with Crippen molar-refractivity contribution in [1.82, 2.24) is 4.98 Å². The monoisotopic (exact) mass is 514 g/mol. The number of hydrogen-bond acceptors (Lipinski definition) is 6. The number of aliphatic carboxylic acids is 1. The molecule has 0 aliphatic heterocycles. The van der Waals surface area contributed by atoms with Crippen molar-refractivity contribution >= 4 is 17.6 Å². The average molecular weight is 515 g/mol. The molecular formula is C30H30N2O6. The number of phenolic OH excluding ortho intramolecular Hbond substituents is 1. The van der Waals surface area contributed by atoms with Gasteiger partial charge < -0.3 is 24.3 Å². The molecule has 1 aromatic heterocycles. The molecule has 196 valence electrons. The highest BCUT2D eigenvalue weighted by Crippen LogP contribution is 2.30. The number of aryl methyl sites for hydroxylation is 2. The van der Waals surface area contributed by atoms with Crippen LogP contribution in [0.15, 0.2) is 77.2 Å². The van der Waals surface area contributed by atoms with Crippen LogP contribution in [0.1, 0.15) is 35.9 Å². The molecule has 8 nitrogen and oxygen atoms in total. The van der Waals surface area contributed by atoms with E-state index in [1.807, 2.05) is 49.4 Å². The number of oxazole rings is 1. The molecule has 0 aliphatic carbocycles. The number of para-hydroxylation sites is 2. The van der Waals surface area contributed by atoms with Crippen molar-refractivity contribution in [3.8, 4) is 23.0 Å². The van der Waals surface area contributed by atoms with E-state index in [-0.39, 0.29) is 24.6 Å². The largest absolute Gasteiger partial charge is 0.506 e. The first kappa shape index (κ1) is 26.5. The highest BCUT2D eigenvalue weighted by molar-refractivity contribution is 5.93. The number of ether oxygens (including phenoxy) is 1. The summed E-state index contributed by atoms with van der Waals surface area (Å²) in [5.41, 5.74) is 3.63. The Morgan fingerprint density at radius 2 is 1.71 bits per heavy atom. The van der Waals surface area contributed by atoms with Crippen LogP contribution in [0.25, 0.3) is 11.5 Å². The highest BCUT2D eigenvalue weighted by atomic mass is 16.5. The van der Waals surface area contributed by atoms with Crippen molar-refractivity contribution in [2.24, 2.45) is 0 Å². The first-order valence-electron chi connectivity index (χ1n) is 12.4. The first-order chi connectivity index (χ1) is 18.3. The summed E-state index contributed by atoms with van der Waals surface area (Å²) in [6.07, 6.45) is 0.798. The predicted molar refractivity (Wildman–Crippen MR) is 143 cm³/mol. The molecule has 4 aromatic rings. The molecule has 38 heavy (non-hydrogen) atoms. The van der Waals surface area contributed by atoms with E-state index in [0.717, 1.165) is 28.1 Å². The van der Waals surface area contributed by atoms with Gasteiger partial charge in [-0.1, -0.05) is 36.4 Å². The van der Waals surface area contributed by atoms with Gasteiger partial charge in [-0.05, 0) is 60.9 Å². The number of carboxylic acids is 1. The van der Waals surface area contributed by atoms with Crippen molar-refractivity contribution in [3.05, 3.63) is 95.4 Å². The van der Waals surface area contributed by atoms with Crippen LogP contribution in [0.3, 0.4) is 0 Å². The van der Waals surface area contributed by atoms with Crippen LogP contribution < -0.4 is 9.64 Å². The number of phenols is 1. The second-order valence-corrected chi connectivity index (χ2v) is 8.90. The predicted octanol–water partition coefficient (Wildman–Crippen LogP) is 5.55. The zero-order chi connectivity index (χ0) is 27.1. The minimum Gasteiger partial charge on any atom is -0.506 e. The molecule has 3 aromatic carbocycles. The maximum atomic E-state index is 12.5. The van der Waals surface area contributed by atoms with Gasteiger partial charge in [0.2, 0.25) is 11.8 Å². The molecule has 1 heterocycles. The Morgan fingerprint density at radius 1 is 0.974 bits per heavy atom. The third-order valence-electron chi connectivity index (χ3n) is 6.19. The van der Waals surface area contributed by atoms with Crippen LogP contribution in [0.4, 0.5) is 5.69 Å². The maximum absolute atomic E-state index is 12.5. The Balaban J connectivity index is 1.51. The Bertz CT molecular complexity index is 1410. The van der Waals surface area contributed by atoms with Gasteiger partial charge in [0.15, 0.2) is 0 Å². The minimum atomic E-state index is -0.904. The van der Waals surface area contributed by atoms with Gasteiger partial charge in [-0.15, -0.1) is 0 Å². The lowest BCUT2D eigenvalue weighted by molar-refractivity contribution is -0.137. The summed E-state index contributed by atoms with van der Waals surface area (Å²) in [6.45, 7) is 3.81. The third kappa shape index (κ3) is 6.59. The van der Waals surface area contributed by atoms with Gasteiger partial charge in [-0.3, -0.25) is 9.59 Å². The summed E-state index contributed by atoms with van der Waals surface area (Å²) in [6, 6.07) is 21.7. The van der Waals surface area contributed by atoms with Gasteiger partial charge in [-0.2, -0.15) is 0 Å². The second kappa shape index (κ2) is 12.1. The van der Waals surface area contributed by atoms with Gasteiger partial charge in [-0.25, -0.2) is 4.98 Å². The summed E-state index contributed by atoms with van der Waals surface area (Å²) in [7, 11) is 0. The zero-order valence-electron chi connectivity index (χ0n) is 21.4. The molecule has 0 aliphatic rings. The standard InChI is InChI=1S/C30H30N2O6/c1-20-26(31-30(38-20)23-8-4-3-5-9-23)16-17-37-25-14-12-22(13-15-29(35)36)24(18-25)19-32(21(2)33)27-10-6-7-11-28(27)34/h3-12,14,18,34H,13,15-17,19H2,1-2H3,(H,35,36). The number of hydrogen-bond donors (Lipinski definition) is 2. The summed E-state index contributed by atoms with van der Waals surface area (Å²) < 4.78 is 11.9. The number of carbonyl (C=O) groups is 2. The Kier molecular flexibility index (Phi) is 8.43. The summed E-state index contributed by atoms with van der Waals surface area (Å²) in [5.74, 6) is 0.717. The van der Waals surface area contributed by atoms with Gasteiger partial charge in [0, 0.05) is 25.3 Å². The molecule has 1 amide bonds. The Hall–Kier alpha value is -4.59. The topological polar surface area (TPSA) is 113 Å². The molecule has 2 N–H and O–H groups in total. The zero-order valence-corrected chi connectivity index (χ0v) is 21.4. The smallest absolute Gasteiger partial charge is 0.303 e. The van der Waals surface area contributed by atoms with E-state index in [1.54, 1.807) is 24.3 Å². The lowest BCUT2D eigenvalue weighted by Gasteiger charge is -2.24. The lowest BCUT2D eigenvalue weighted by Crippen LogP contribution is -2.28. The summed E-state index contributed by atoms with van der Waals surface area (Å²) in [5, 5.41) is 19.5. The number of carbonyl (C=O) groups excluding carboxylic acids is 1. The van der Waals surface area contributed by atoms with E-state index in [4.69, 9.17) is 9.15 Å². The number of benzene rings is 3. The van der Waals surface area contributed by atoms with Gasteiger partial charge >= 0.3 is 5.97 Å². The molecule has 0 atom stereocenters. The van der Waals surface area contributed by atoms with Crippen LogP contribution >= 0.6 is 0 Å². The SMILES string of the molecule is CC(=O)N(Cc1cc(OCCc2nc(-c3ccccc3)oc2C)ccc1CCC(=O)O)c1ccccc1O. The van der Waals surface area contributed by atoms with Crippen LogP contribution in [0, 0.1) is 6.92 Å². The van der Waals surface area contributed by atoms with Gasteiger partial charge in [0.1, 0.15) is 17.3 Å². The van der Waals surface area contributed by atoms with Crippen LogP contribution in [0.5, 0.6) is 11.5 Å².